The fraction of sp³-hybridized carbons (Fsp3) is 0.625. The number of amides is 2. The lowest BCUT2D eigenvalue weighted by Crippen LogP contribution is -2.56. The van der Waals surface area contributed by atoms with Crippen molar-refractivity contribution in [2.24, 2.45) is 11.8 Å². The highest BCUT2D eigenvalue weighted by molar-refractivity contribution is 5.92. The second kappa shape index (κ2) is 11.8. The normalized spacial score (nSPS) is 18.2. The molecule has 0 saturated carbocycles. The van der Waals surface area contributed by atoms with Gasteiger partial charge in [0, 0.05) is 6.54 Å². The molecular weight excluding hydrogens is 394 g/mol. The number of rotatable bonds is 10. The van der Waals surface area contributed by atoms with Crippen molar-refractivity contribution in [1.82, 2.24) is 15.5 Å². The van der Waals surface area contributed by atoms with Gasteiger partial charge in [-0.25, -0.2) is 4.79 Å². The molecule has 1 heterocycles. The van der Waals surface area contributed by atoms with Crippen molar-refractivity contribution in [3.8, 4) is 0 Å². The van der Waals surface area contributed by atoms with Crippen LogP contribution in [0, 0.1) is 11.8 Å². The van der Waals surface area contributed by atoms with Crippen LogP contribution >= 0.6 is 0 Å². The van der Waals surface area contributed by atoms with Crippen LogP contribution in [-0.2, 0) is 25.7 Å². The highest BCUT2D eigenvalue weighted by atomic mass is 16.5. The molecule has 2 amide bonds. The lowest BCUT2D eigenvalue weighted by Gasteiger charge is -2.30. The molecule has 1 aromatic carbocycles. The predicted octanol–water partition coefficient (Wildman–Crippen LogP) is 2.50. The molecule has 31 heavy (non-hydrogen) atoms. The Morgan fingerprint density at radius 2 is 1.81 bits per heavy atom. The zero-order chi connectivity index (χ0) is 23.0. The topological polar surface area (TPSA) is 87.7 Å². The van der Waals surface area contributed by atoms with Gasteiger partial charge in [0.05, 0.1) is 6.04 Å². The Kier molecular flexibility index (Phi) is 9.49. The third-order valence-electron chi connectivity index (χ3n) is 5.61. The van der Waals surface area contributed by atoms with E-state index in [2.05, 4.69) is 10.6 Å². The molecule has 0 bridgehead atoms. The lowest BCUT2D eigenvalue weighted by molar-refractivity contribution is -0.155. The number of nitrogens with one attached hydrogen (secondary N) is 2. The van der Waals surface area contributed by atoms with Crippen molar-refractivity contribution in [1.29, 1.82) is 0 Å². The van der Waals surface area contributed by atoms with Crippen molar-refractivity contribution in [3.05, 3.63) is 35.9 Å². The fourth-order valence-electron chi connectivity index (χ4n) is 4.02. The van der Waals surface area contributed by atoms with E-state index in [0.717, 1.165) is 12.0 Å². The smallest absolute Gasteiger partial charge is 0.329 e. The van der Waals surface area contributed by atoms with E-state index in [1.165, 1.54) is 0 Å². The third kappa shape index (κ3) is 7.06. The van der Waals surface area contributed by atoms with Gasteiger partial charge in [0.1, 0.15) is 18.7 Å². The van der Waals surface area contributed by atoms with E-state index in [0.29, 0.717) is 19.4 Å². The van der Waals surface area contributed by atoms with Crippen LogP contribution in [0.25, 0.3) is 0 Å². The van der Waals surface area contributed by atoms with Crippen LogP contribution in [0.5, 0.6) is 0 Å². The molecule has 7 heteroatoms. The maximum atomic E-state index is 13.4. The summed E-state index contributed by atoms with van der Waals surface area (Å²) in [6, 6.07) is 7.83. The first-order valence-electron chi connectivity index (χ1n) is 11.2. The number of benzene rings is 1. The van der Waals surface area contributed by atoms with Crippen molar-refractivity contribution in [2.45, 2.75) is 71.7 Å². The summed E-state index contributed by atoms with van der Waals surface area (Å²) in [7, 11) is 1.74. The van der Waals surface area contributed by atoms with Gasteiger partial charge in [-0.2, -0.15) is 0 Å². The number of carbonyl (C=O) groups excluding carboxylic acids is 3. The molecule has 7 nitrogen and oxygen atoms in total. The first-order valence-corrected chi connectivity index (χ1v) is 11.2. The molecule has 0 spiro atoms. The number of carbonyl (C=O) groups is 3. The standard InChI is InChI=1S/C24H37N3O4/c1-16(2)14-19(26-22(28)21(25-5)17(3)4)23(29)27-13-9-12-20(27)24(30)31-15-18-10-7-6-8-11-18/h6-8,10-11,16-17,19-21,25H,9,12-15H2,1-5H3,(H,26,28)/t19-,20-,21-/m0/s1. The minimum Gasteiger partial charge on any atom is -0.459 e. The van der Waals surface area contributed by atoms with E-state index in [1.807, 2.05) is 58.0 Å². The number of esters is 1. The molecule has 3 atom stereocenters. The summed E-state index contributed by atoms with van der Waals surface area (Å²) in [6.45, 7) is 8.62. The van der Waals surface area contributed by atoms with Gasteiger partial charge >= 0.3 is 5.97 Å². The van der Waals surface area contributed by atoms with Gasteiger partial charge < -0.3 is 20.3 Å². The van der Waals surface area contributed by atoms with Crippen molar-refractivity contribution >= 4 is 17.8 Å². The highest BCUT2D eigenvalue weighted by Crippen LogP contribution is 2.22. The van der Waals surface area contributed by atoms with E-state index < -0.39 is 12.1 Å². The number of hydrogen-bond acceptors (Lipinski definition) is 5. The van der Waals surface area contributed by atoms with Crippen LogP contribution in [0.4, 0.5) is 0 Å². The second-order valence-electron chi connectivity index (χ2n) is 8.98. The molecule has 1 aliphatic rings. The lowest BCUT2D eigenvalue weighted by atomic mass is 9.99. The molecule has 172 valence electrons. The second-order valence-corrected chi connectivity index (χ2v) is 8.98. The Morgan fingerprint density at radius 3 is 2.39 bits per heavy atom. The summed E-state index contributed by atoms with van der Waals surface area (Å²) >= 11 is 0. The molecule has 0 unspecified atom stereocenters. The zero-order valence-electron chi connectivity index (χ0n) is 19.4. The summed E-state index contributed by atoms with van der Waals surface area (Å²) in [5.74, 6) is -0.488. The van der Waals surface area contributed by atoms with E-state index in [4.69, 9.17) is 4.74 Å². The largest absolute Gasteiger partial charge is 0.459 e. The van der Waals surface area contributed by atoms with Gasteiger partial charge in [0.2, 0.25) is 11.8 Å². The molecule has 2 rings (SSSR count). The molecular formula is C24H37N3O4. The summed E-state index contributed by atoms with van der Waals surface area (Å²) in [5.41, 5.74) is 0.906. The van der Waals surface area contributed by atoms with Gasteiger partial charge in [0.25, 0.3) is 0 Å². The molecule has 2 N–H and O–H groups in total. The number of likely N-dealkylation sites (N-methyl/N-ethyl adjacent to an activating group) is 1. The highest BCUT2D eigenvalue weighted by Gasteiger charge is 2.39. The Morgan fingerprint density at radius 1 is 1.13 bits per heavy atom. The molecule has 1 aliphatic heterocycles. The monoisotopic (exact) mass is 431 g/mol. The molecule has 1 aromatic rings. The van der Waals surface area contributed by atoms with Crippen molar-refractivity contribution < 1.29 is 19.1 Å². The first kappa shape index (κ1) is 24.9. The van der Waals surface area contributed by atoms with E-state index >= 15 is 0 Å². The summed E-state index contributed by atoms with van der Waals surface area (Å²) in [5, 5.41) is 5.95. The van der Waals surface area contributed by atoms with Gasteiger partial charge in [-0.15, -0.1) is 0 Å². The van der Waals surface area contributed by atoms with Gasteiger partial charge in [-0.3, -0.25) is 9.59 Å². The quantitative estimate of drug-likeness (QED) is 0.556. The van der Waals surface area contributed by atoms with E-state index in [9.17, 15) is 14.4 Å². The Balaban J connectivity index is 2.07. The van der Waals surface area contributed by atoms with Crippen LogP contribution in [0.2, 0.25) is 0 Å². The minimum absolute atomic E-state index is 0.0901. The van der Waals surface area contributed by atoms with Crippen LogP contribution in [0.3, 0.4) is 0 Å². The number of nitrogens with zero attached hydrogens (tertiary/aromatic N) is 1. The van der Waals surface area contributed by atoms with Gasteiger partial charge in [-0.05, 0) is 43.7 Å². The Hall–Kier alpha value is -2.41. The fourth-order valence-corrected chi connectivity index (χ4v) is 4.02. The van der Waals surface area contributed by atoms with E-state index in [1.54, 1.807) is 11.9 Å². The number of likely N-dealkylation sites (tertiary alicyclic amines) is 1. The van der Waals surface area contributed by atoms with E-state index in [-0.39, 0.29) is 42.3 Å². The summed E-state index contributed by atoms with van der Waals surface area (Å²) < 4.78 is 5.49. The maximum Gasteiger partial charge on any atom is 0.329 e. The first-order chi connectivity index (χ1) is 14.7. The van der Waals surface area contributed by atoms with Crippen molar-refractivity contribution in [3.63, 3.8) is 0 Å². The SMILES string of the molecule is CN[C@H](C(=O)N[C@@H](CC(C)C)C(=O)N1CCC[C@H]1C(=O)OCc1ccccc1)C(C)C. The maximum absolute atomic E-state index is 13.4. The molecule has 0 aromatic heterocycles. The predicted molar refractivity (Wildman–Crippen MR) is 120 cm³/mol. The Bertz CT molecular complexity index is 736. The molecule has 1 fully saturated rings. The minimum atomic E-state index is -0.662. The summed E-state index contributed by atoms with van der Waals surface area (Å²) in [6.07, 6.45) is 1.83. The molecule has 1 saturated heterocycles. The molecule has 0 radical (unpaired) electrons. The number of ether oxygens (including phenoxy) is 1. The average Bonchev–Trinajstić information content (AvgIpc) is 3.21. The van der Waals surface area contributed by atoms with Gasteiger partial charge in [-0.1, -0.05) is 58.0 Å². The Labute approximate surface area is 185 Å². The third-order valence-corrected chi connectivity index (χ3v) is 5.61. The van der Waals surface area contributed by atoms with Crippen LogP contribution in [-0.4, -0.2) is 54.4 Å². The van der Waals surface area contributed by atoms with Crippen LogP contribution in [0.15, 0.2) is 30.3 Å². The summed E-state index contributed by atoms with van der Waals surface area (Å²) in [4.78, 5) is 40.5. The van der Waals surface area contributed by atoms with Gasteiger partial charge in [0.15, 0.2) is 0 Å². The van der Waals surface area contributed by atoms with Crippen molar-refractivity contribution in [2.75, 3.05) is 13.6 Å². The van der Waals surface area contributed by atoms with Crippen LogP contribution < -0.4 is 10.6 Å². The zero-order valence-corrected chi connectivity index (χ0v) is 19.4. The molecule has 0 aliphatic carbocycles. The average molecular weight is 432 g/mol. The number of hydrogen-bond donors (Lipinski definition) is 2. The van der Waals surface area contributed by atoms with Crippen LogP contribution in [0.1, 0.15) is 52.5 Å².